The standard InChI is InChI=1S/C23H32N4O3/c1-5-19-20(26(4)25-24-19)23(29)12-10-22(11-13-23)14-15-27(21(22)28)17-6-8-18(9-7-17)30-16(2)3/h5-9,16,19-20,29H,1,10-15H2,2-4H3. The third-order valence-corrected chi connectivity index (χ3v) is 6.95. The van der Waals surface area contributed by atoms with Crippen LogP contribution in [0.15, 0.2) is 47.3 Å². The van der Waals surface area contributed by atoms with Crippen LogP contribution in [-0.4, -0.2) is 53.4 Å². The highest BCUT2D eigenvalue weighted by Crippen LogP contribution is 2.50. The Labute approximate surface area is 178 Å². The van der Waals surface area contributed by atoms with E-state index in [1.54, 1.807) is 11.1 Å². The molecule has 2 unspecified atom stereocenters. The van der Waals surface area contributed by atoms with E-state index in [-0.39, 0.29) is 29.5 Å². The molecule has 1 spiro atoms. The molecule has 1 aliphatic carbocycles. The van der Waals surface area contributed by atoms with Crippen LogP contribution in [0.1, 0.15) is 46.0 Å². The van der Waals surface area contributed by atoms with E-state index in [2.05, 4.69) is 16.9 Å². The summed E-state index contributed by atoms with van der Waals surface area (Å²) in [5, 5.41) is 21.5. The fourth-order valence-corrected chi connectivity index (χ4v) is 5.29. The monoisotopic (exact) mass is 412 g/mol. The molecule has 2 heterocycles. The van der Waals surface area contributed by atoms with Gasteiger partial charge in [-0.05, 0) is 70.2 Å². The van der Waals surface area contributed by atoms with Gasteiger partial charge in [-0.2, -0.15) is 5.11 Å². The lowest BCUT2D eigenvalue weighted by molar-refractivity contribution is -0.133. The van der Waals surface area contributed by atoms with Crippen LogP contribution < -0.4 is 9.64 Å². The lowest BCUT2D eigenvalue weighted by Crippen LogP contribution is -2.56. The summed E-state index contributed by atoms with van der Waals surface area (Å²) in [7, 11) is 1.84. The number of benzene rings is 1. The molecule has 0 radical (unpaired) electrons. The van der Waals surface area contributed by atoms with Crippen molar-refractivity contribution >= 4 is 11.6 Å². The first-order valence-electron chi connectivity index (χ1n) is 10.9. The van der Waals surface area contributed by atoms with Gasteiger partial charge in [-0.3, -0.25) is 9.80 Å². The van der Waals surface area contributed by atoms with Gasteiger partial charge in [0.1, 0.15) is 17.8 Å². The molecule has 7 nitrogen and oxygen atoms in total. The summed E-state index contributed by atoms with van der Waals surface area (Å²) in [6, 6.07) is 7.33. The van der Waals surface area contributed by atoms with Crippen molar-refractivity contribution in [1.29, 1.82) is 0 Å². The van der Waals surface area contributed by atoms with Gasteiger partial charge in [-0.1, -0.05) is 11.3 Å². The van der Waals surface area contributed by atoms with Gasteiger partial charge in [-0.25, -0.2) is 0 Å². The quantitative estimate of drug-likeness (QED) is 0.748. The van der Waals surface area contributed by atoms with Crippen molar-refractivity contribution in [2.75, 3.05) is 18.5 Å². The van der Waals surface area contributed by atoms with Crippen LogP contribution in [0.4, 0.5) is 5.69 Å². The van der Waals surface area contributed by atoms with Gasteiger partial charge in [0, 0.05) is 19.3 Å². The Morgan fingerprint density at radius 3 is 2.47 bits per heavy atom. The summed E-state index contributed by atoms with van der Waals surface area (Å²) >= 11 is 0. The summed E-state index contributed by atoms with van der Waals surface area (Å²) in [6.45, 7) is 8.54. The molecule has 0 aromatic heterocycles. The second-order valence-corrected chi connectivity index (χ2v) is 9.20. The smallest absolute Gasteiger partial charge is 0.233 e. The first-order chi connectivity index (χ1) is 14.3. The predicted molar refractivity (Wildman–Crippen MR) is 115 cm³/mol. The molecule has 1 saturated heterocycles. The maximum absolute atomic E-state index is 13.4. The van der Waals surface area contributed by atoms with Gasteiger partial charge < -0.3 is 14.7 Å². The maximum Gasteiger partial charge on any atom is 0.233 e. The van der Waals surface area contributed by atoms with Crippen LogP contribution in [-0.2, 0) is 4.79 Å². The van der Waals surface area contributed by atoms with E-state index in [4.69, 9.17) is 4.74 Å². The SMILES string of the molecule is C=CC1N=NN(C)C1C1(O)CCC2(CCN(c3ccc(OC(C)C)cc3)C2=O)CC1. The Bertz CT molecular complexity index is 827. The van der Waals surface area contributed by atoms with Gasteiger partial charge in [0.2, 0.25) is 5.91 Å². The molecule has 162 valence electrons. The number of amides is 1. The van der Waals surface area contributed by atoms with Crippen molar-refractivity contribution in [2.45, 2.75) is 69.7 Å². The topological polar surface area (TPSA) is 77.7 Å². The Morgan fingerprint density at radius 1 is 1.20 bits per heavy atom. The third-order valence-electron chi connectivity index (χ3n) is 6.95. The van der Waals surface area contributed by atoms with E-state index in [9.17, 15) is 9.90 Å². The van der Waals surface area contributed by atoms with Gasteiger partial charge in [0.25, 0.3) is 0 Å². The number of ether oxygens (including phenoxy) is 1. The van der Waals surface area contributed by atoms with Gasteiger partial charge in [0.15, 0.2) is 0 Å². The second kappa shape index (κ2) is 7.69. The Morgan fingerprint density at radius 2 is 1.87 bits per heavy atom. The largest absolute Gasteiger partial charge is 0.491 e. The number of carbonyl (C=O) groups is 1. The summed E-state index contributed by atoms with van der Waals surface area (Å²) in [5.41, 5.74) is -0.381. The lowest BCUT2D eigenvalue weighted by Gasteiger charge is -2.45. The minimum absolute atomic E-state index is 0.119. The van der Waals surface area contributed by atoms with Crippen LogP contribution in [0.25, 0.3) is 0 Å². The van der Waals surface area contributed by atoms with Gasteiger partial charge in [-0.15, -0.1) is 6.58 Å². The number of hydrogen-bond donors (Lipinski definition) is 1. The molecule has 3 aliphatic rings. The first-order valence-corrected chi connectivity index (χ1v) is 10.9. The van der Waals surface area contributed by atoms with Gasteiger partial charge in [0.05, 0.1) is 17.1 Å². The molecular weight excluding hydrogens is 380 g/mol. The van der Waals surface area contributed by atoms with Crippen molar-refractivity contribution in [2.24, 2.45) is 15.8 Å². The van der Waals surface area contributed by atoms with Crippen molar-refractivity contribution in [3.63, 3.8) is 0 Å². The number of likely N-dealkylation sites (N-methyl/N-ethyl adjacent to an activating group) is 1. The van der Waals surface area contributed by atoms with Crippen LogP contribution >= 0.6 is 0 Å². The van der Waals surface area contributed by atoms with Crippen molar-refractivity contribution in [3.05, 3.63) is 36.9 Å². The molecule has 1 aromatic rings. The number of anilines is 1. The Kier molecular flexibility index (Phi) is 5.34. The van der Waals surface area contributed by atoms with Crippen LogP contribution in [0.3, 0.4) is 0 Å². The number of aliphatic hydroxyl groups is 1. The highest BCUT2D eigenvalue weighted by molar-refractivity contribution is 6.00. The van der Waals surface area contributed by atoms with Crippen molar-refractivity contribution in [1.82, 2.24) is 5.01 Å². The molecule has 2 atom stereocenters. The van der Waals surface area contributed by atoms with Crippen LogP contribution in [0.2, 0.25) is 0 Å². The molecular formula is C23H32N4O3. The number of hydrogen-bond acceptors (Lipinski definition) is 6. The summed E-state index contributed by atoms with van der Waals surface area (Å²) in [6.07, 6.45) is 5.19. The maximum atomic E-state index is 13.4. The van der Waals surface area contributed by atoms with E-state index in [1.807, 2.05) is 50.1 Å². The zero-order chi connectivity index (χ0) is 21.5. The third kappa shape index (κ3) is 3.49. The van der Waals surface area contributed by atoms with E-state index in [0.29, 0.717) is 32.2 Å². The molecule has 0 bridgehead atoms. The van der Waals surface area contributed by atoms with Crippen LogP contribution in [0.5, 0.6) is 5.75 Å². The number of nitrogens with zero attached hydrogens (tertiary/aromatic N) is 4. The molecule has 1 amide bonds. The molecule has 2 aliphatic heterocycles. The minimum Gasteiger partial charge on any atom is -0.491 e. The van der Waals surface area contributed by atoms with Crippen molar-refractivity contribution in [3.8, 4) is 5.75 Å². The summed E-state index contributed by atoms with van der Waals surface area (Å²) in [5.74, 6) is 0.989. The zero-order valence-corrected chi connectivity index (χ0v) is 18.1. The predicted octanol–water partition coefficient (Wildman–Crippen LogP) is 3.74. The molecule has 1 saturated carbocycles. The first kappa shape index (κ1) is 20.8. The summed E-state index contributed by atoms with van der Waals surface area (Å²) < 4.78 is 5.71. The minimum atomic E-state index is -0.911. The Balaban J connectivity index is 1.45. The van der Waals surface area contributed by atoms with Crippen LogP contribution in [0, 0.1) is 5.41 Å². The normalized spacial score (nSPS) is 33.7. The number of carbonyl (C=O) groups excluding carboxylic acids is 1. The zero-order valence-electron chi connectivity index (χ0n) is 18.1. The highest BCUT2D eigenvalue weighted by Gasteiger charge is 2.55. The second-order valence-electron chi connectivity index (χ2n) is 9.20. The molecule has 1 N–H and O–H groups in total. The fraction of sp³-hybridized carbons (Fsp3) is 0.609. The van der Waals surface area contributed by atoms with E-state index < -0.39 is 5.60 Å². The van der Waals surface area contributed by atoms with E-state index in [0.717, 1.165) is 17.9 Å². The Hall–Kier alpha value is -2.41. The average Bonchev–Trinajstić information content (AvgIpc) is 3.26. The molecule has 2 fully saturated rings. The molecule has 30 heavy (non-hydrogen) atoms. The fourth-order valence-electron chi connectivity index (χ4n) is 5.29. The van der Waals surface area contributed by atoms with E-state index >= 15 is 0 Å². The average molecular weight is 413 g/mol. The number of rotatable bonds is 5. The molecule has 7 heteroatoms. The van der Waals surface area contributed by atoms with Crippen molar-refractivity contribution < 1.29 is 14.6 Å². The highest BCUT2D eigenvalue weighted by atomic mass is 16.5. The molecule has 4 rings (SSSR count). The molecule has 1 aromatic carbocycles. The van der Waals surface area contributed by atoms with Gasteiger partial charge >= 0.3 is 0 Å². The lowest BCUT2D eigenvalue weighted by atomic mass is 9.65. The summed E-state index contributed by atoms with van der Waals surface area (Å²) in [4.78, 5) is 15.3. The van der Waals surface area contributed by atoms with E-state index in [1.165, 1.54) is 0 Å².